The maximum atomic E-state index is 12.5. The van der Waals surface area contributed by atoms with Crippen molar-refractivity contribution in [2.75, 3.05) is 17.2 Å². The molecule has 0 radical (unpaired) electrons. The predicted molar refractivity (Wildman–Crippen MR) is 106 cm³/mol. The second kappa shape index (κ2) is 8.53. The third-order valence-electron chi connectivity index (χ3n) is 3.71. The number of nitrogens with one attached hydrogen (secondary N) is 2. The van der Waals surface area contributed by atoms with E-state index < -0.39 is 12.0 Å². The van der Waals surface area contributed by atoms with Crippen LogP contribution < -0.4 is 10.6 Å². The average molecular weight is 400 g/mol. The Kier molecular flexibility index (Phi) is 5.90. The molecule has 2 aromatic carbocycles. The number of aromatic nitrogens is 3. The van der Waals surface area contributed by atoms with Crippen molar-refractivity contribution >= 4 is 35.0 Å². The molecule has 8 nitrogen and oxygen atoms in total. The van der Waals surface area contributed by atoms with Crippen LogP contribution in [0.15, 0.2) is 48.5 Å². The summed E-state index contributed by atoms with van der Waals surface area (Å²) in [4.78, 5) is 28.1. The van der Waals surface area contributed by atoms with E-state index in [-0.39, 0.29) is 12.4 Å². The molecule has 0 fully saturated rings. The summed E-state index contributed by atoms with van der Waals surface area (Å²) in [7, 11) is 0. The summed E-state index contributed by atoms with van der Waals surface area (Å²) in [5.74, 6) is 0.171. The summed E-state index contributed by atoms with van der Waals surface area (Å²) in [6.07, 6.45) is -0.535. The molecule has 9 heteroatoms. The van der Waals surface area contributed by atoms with Crippen LogP contribution in [0, 0.1) is 6.92 Å². The fourth-order valence-corrected chi connectivity index (χ4v) is 2.55. The summed E-state index contributed by atoms with van der Waals surface area (Å²) in [5.41, 5.74) is 1.85. The maximum absolute atomic E-state index is 12.5. The standard InChI is InChI=1S/C19H18ClN5O3/c1-3-28-19(27)23-15-8-6-14(7-9-15)22-18(26)17-21-12(2)25(24-17)16-10-4-13(20)5-11-16/h4-11H,3H2,1-2H3,(H,22,26)(H,23,27). The Balaban J connectivity index is 1.69. The molecule has 3 rings (SSSR count). The van der Waals surface area contributed by atoms with Gasteiger partial charge in [0.25, 0.3) is 5.91 Å². The van der Waals surface area contributed by atoms with Gasteiger partial charge in [-0.2, -0.15) is 0 Å². The van der Waals surface area contributed by atoms with Gasteiger partial charge in [-0.15, -0.1) is 5.10 Å². The molecule has 1 aromatic heterocycles. The van der Waals surface area contributed by atoms with Crippen molar-refractivity contribution in [1.29, 1.82) is 0 Å². The molecule has 144 valence electrons. The van der Waals surface area contributed by atoms with Gasteiger partial charge in [-0.25, -0.2) is 14.5 Å². The van der Waals surface area contributed by atoms with Crippen LogP contribution in [0.5, 0.6) is 0 Å². The first-order valence-electron chi connectivity index (χ1n) is 8.51. The Bertz CT molecular complexity index is 984. The summed E-state index contributed by atoms with van der Waals surface area (Å²) < 4.78 is 6.38. The third kappa shape index (κ3) is 4.66. The number of carbonyl (C=O) groups excluding carboxylic acids is 2. The zero-order valence-electron chi connectivity index (χ0n) is 15.3. The summed E-state index contributed by atoms with van der Waals surface area (Å²) >= 11 is 5.90. The number of hydrogen-bond donors (Lipinski definition) is 2. The Morgan fingerprint density at radius 1 is 1.04 bits per heavy atom. The Labute approximate surface area is 166 Å². The SMILES string of the molecule is CCOC(=O)Nc1ccc(NC(=O)c2nc(C)n(-c3ccc(Cl)cc3)n2)cc1. The van der Waals surface area contributed by atoms with Crippen LogP contribution in [-0.4, -0.2) is 33.4 Å². The quantitative estimate of drug-likeness (QED) is 0.674. The Morgan fingerprint density at radius 2 is 1.64 bits per heavy atom. The van der Waals surface area contributed by atoms with Gasteiger partial charge in [-0.3, -0.25) is 10.1 Å². The molecular formula is C19H18ClN5O3. The molecule has 0 spiro atoms. The highest BCUT2D eigenvalue weighted by molar-refractivity contribution is 6.30. The van der Waals surface area contributed by atoms with E-state index in [1.54, 1.807) is 67.1 Å². The van der Waals surface area contributed by atoms with Crippen LogP contribution in [-0.2, 0) is 4.74 Å². The largest absolute Gasteiger partial charge is 0.450 e. The van der Waals surface area contributed by atoms with E-state index in [0.29, 0.717) is 22.2 Å². The van der Waals surface area contributed by atoms with Crippen molar-refractivity contribution in [3.05, 3.63) is 65.2 Å². The summed E-state index contributed by atoms with van der Waals surface area (Å²) in [5, 5.41) is 10.2. The van der Waals surface area contributed by atoms with Crippen LogP contribution in [0.3, 0.4) is 0 Å². The van der Waals surface area contributed by atoms with Gasteiger partial charge >= 0.3 is 6.09 Å². The first-order valence-corrected chi connectivity index (χ1v) is 8.89. The maximum Gasteiger partial charge on any atom is 0.411 e. The molecule has 3 aromatic rings. The number of carbonyl (C=O) groups is 2. The van der Waals surface area contributed by atoms with Crippen molar-refractivity contribution < 1.29 is 14.3 Å². The third-order valence-corrected chi connectivity index (χ3v) is 3.96. The second-order valence-electron chi connectivity index (χ2n) is 5.75. The lowest BCUT2D eigenvalue weighted by atomic mass is 10.3. The van der Waals surface area contributed by atoms with Crippen LogP contribution in [0.4, 0.5) is 16.2 Å². The fourth-order valence-electron chi connectivity index (χ4n) is 2.42. The Morgan fingerprint density at radius 3 is 2.25 bits per heavy atom. The molecule has 28 heavy (non-hydrogen) atoms. The molecule has 0 bridgehead atoms. The average Bonchev–Trinajstić information content (AvgIpc) is 3.06. The van der Waals surface area contributed by atoms with E-state index >= 15 is 0 Å². The second-order valence-corrected chi connectivity index (χ2v) is 6.18. The fraction of sp³-hybridized carbons (Fsp3) is 0.158. The lowest BCUT2D eigenvalue weighted by molar-refractivity contribution is 0.101. The lowest BCUT2D eigenvalue weighted by Crippen LogP contribution is -2.15. The van der Waals surface area contributed by atoms with Crippen molar-refractivity contribution in [3.63, 3.8) is 0 Å². The van der Waals surface area contributed by atoms with E-state index in [4.69, 9.17) is 16.3 Å². The lowest BCUT2D eigenvalue weighted by Gasteiger charge is -2.07. The van der Waals surface area contributed by atoms with E-state index in [1.165, 1.54) is 0 Å². The number of rotatable bonds is 5. The topological polar surface area (TPSA) is 98.1 Å². The van der Waals surface area contributed by atoms with Gasteiger partial charge in [0.15, 0.2) is 0 Å². The van der Waals surface area contributed by atoms with Crippen molar-refractivity contribution in [2.24, 2.45) is 0 Å². The summed E-state index contributed by atoms with van der Waals surface area (Å²) in [6.45, 7) is 3.77. The smallest absolute Gasteiger partial charge is 0.411 e. The molecule has 0 aliphatic rings. The number of anilines is 2. The minimum atomic E-state index is -0.535. The highest BCUT2D eigenvalue weighted by Gasteiger charge is 2.15. The minimum absolute atomic E-state index is 0.0428. The molecule has 0 atom stereocenters. The van der Waals surface area contributed by atoms with Gasteiger partial charge in [-0.1, -0.05) is 11.6 Å². The van der Waals surface area contributed by atoms with E-state index in [2.05, 4.69) is 20.7 Å². The molecule has 1 heterocycles. The number of nitrogens with zero attached hydrogens (tertiary/aromatic N) is 3. The van der Waals surface area contributed by atoms with Crippen LogP contribution in [0.1, 0.15) is 23.4 Å². The number of aryl methyl sites for hydroxylation is 1. The van der Waals surface area contributed by atoms with Crippen LogP contribution >= 0.6 is 11.6 Å². The van der Waals surface area contributed by atoms with Gasteiger partial charge in [0.1, 0.15) is 5.82 Å². The highest BCUT2D eigenvalue weighted by atomic mass is 35.5. The number of benzene rings is 2. The van der Waals surface area contributed by atoms with Crippen molar-refractivity contribution in [3.8, 4) is 5.69 Å². The van der Waals surface area contributed by atoms with E-state index in [9.17, 15) is 9.59 Å². The van der Waals surface area contributed by atoms with E-state index in [1.807, 2.05) is 0 Å². The molecule has 0 aliphatic heterocycles. The van der Waals surface area contributed by atoms with Gasteiger partial charge in [0.05, 0.1) is 12.3 Å². The normalized spacial score (nSPS) is 10.4. The zero-order chi connectivity index (χ0) is 20.1. The predicted octanol–water partition coefficient (Wildman–Crippen LogP) is 4.05. The first-order chi connectivity index (χ1) is 13.5. The zero-order valence-corrected chi connectivity index (χ0v) is 16.0. The number of amides is 2. The molecule has 2 N–H and O–H groups in total. The number of hydrogen-bond acceptors (Lipinski definition) is 5. The van der Waals surface area contributed by atoms with Crippen LogP contribution in [0.25, 0.3) is 5.69 Å². The van der Waals surface area contributed by atoms with Gasteiger partial charge in [0.2, 0.25) is 5.82 Å². The molecule has 2 amide bonds. The Hall–Kier alpha value is -3.39. The summed E-state index contributed by atoms with van der Waals surface area (Å²) in [6, 6.07) is 13.7. The van der Waals surface area contributed by atoms with Gasteiger partial charge in [-0.05, 0) is 62.4 Å². The molecule has 0 unspecified atom stereocenters. The number of halogens is 1. The molecule has 0 saturated heterocycles. The molecule has 0 saturated carbocycles. The van der Waals surface area contributed by atoms with Gasteiger partial charge < -0.3 is 10.1 Å². The first kappa shape index (κ1) is 19.4. The molecule has 0 aliphatic carbocycles. The van der Waals surface area contributed by atoms with Gasteiger partial charge in [0, 0.05) is 16.4 Å². The molecular weight excluding hydrogens is 382 g/mol. The number of ether oxygens (including phenoxy) is 1. The monoisotopic (exact) mass is 399 g/mol. The van der Waals surface area contributed by atoms with Crippen LogP contribution in [0.2, 0.25) is 5.02 Å². The van der Waals surface area contributed by atoms with E-state index in [0.717, 1.165) is 5.69 Å². The van der Waals surface area contributed by atoms with Crippen molar-refractivity contribution in [2.45, 2.75) is 13.8 Å². The van der Waals surface area contributed by atoms with Crippen molar-refractivity contribution in [1.82, 2.24) is 14.8 Å². The minimum Gasteiger partial charge on any atom is -0.450 e. The highest BCUT2D eigenvalue weighted by Crippen LogP contribution is 2.16.